The minimum absolute atomic E-state index is 0.180. The lowest BCUT2D eigenvalue weighted by atomic mass is 10.2. The van der Waals surface area contributed by atoms with Crippen molar-refractivity contribution in [2.45, 2.75) is 36.5 Å². The molecule has 1 fully saturated rings. The van der Waals surface area contributed by atoms with Gasteiger partial charge in [0.1, 0.15) is 5.03 Å². The van der Waals surface area contributed by atoms with Crippen molar-refractivity contribution in [2.24, 2.45) is 0 Å². The van der Waals surface area contributed by atoms with E-state index in [1.54, 1.807) is 15.9 Å². The number of aromatic nitrogens is 4. The number of amides is 1. The topological polar surface area (TPSA) is 63.4 Å². The van der Waals surface area contributed by atoms with E-state index < -0.39 is 4.75 Å². The summed E-state index contributed by atoms with van der Waals surface area (Å²) in [5, 5.41) is 15.9. The van der Waals surface area contributed by atoms with Gasteiger partial charge in [0.25, 0.3) is 0 Å². The maximum absolute atomic E-state index is 12.8. The summed E-state index contributed by atoms with van der Waals surface area (Å²) < 4.78 is 1.20. The number of carbonyl (C=O) groups excluding carboxylic acids is 1. The van der Waals surface area contributed by atoms with Gasteiger partial charge in [0.15, 0.2) is 11.5 Å². The van der Waals surface area contributed by atoms with Gasteiger partial charge in [-0.15, -0.1) is 21.5 Å². The summed E-state index contributed by atoms with van der Waals surface area (Å²) in [4.78, 5) is 15.8. The van der Waals surface area contributed by atoms with E-state index in [1.807, 2.05) is 48.4 Å². The van der Waals surface area contributed by atoms with Gasteiger partial charge in [-0.2, -0.15) is 9.61 Å². The molecule has 3 aromatic heterocycles. The molecule has 0 spiro atoms. The predicted molar refractivity (Wildman–Crippen MR) is 99.8 cm³/mol. The van der Waals surface area contributed by atoms with Crippen LogP contribution >= 0.6 is 23.1 Å². The fraction of sp³-hybridized carbons (Fsp3) is 0.412. The molecule has 25 heavy (non-hydrogen) atoms. The Morgan fingerprint density at radius 3 is 2.72 bits per heavy atom. The van der Waals surface area contributed by atoms with Crippen molar-refractivity contribution in [1.82, 2.24) is 24.7 Å². The van der Waals surface area contributed by atoms with E-state index in [2.05, 4.69) is 15.3 Å². The van der Waals surface area contributed by atoms with Crippen molar-refractivity contribution in [3.63, 3.8) is 0 Å². The van der Waals surface area contributed by atoms with E-state index in [0.717, 1.165) is 41.7 Å². The van der Waals surface area contributed by atoms with Crippen molar-refractivity contribution in [3.05, 3.63) is 29.6 Å². The first kappa shape index (κ1) is 16.5. The Bertz CT molecular complexity index is 897. The first-order valence-corrected chi connectivity index (χ1v) is 9.99. The second-order valence-corrected chi connectivity index (χ2v) is 9.14. The smallest absolute Gasteiger partial charge is 0.238 e. The van der Waals surface area contributed by atoms with Crippen LogP contribution < -0.4 is 0 Å². The molecule has 8 heteroatoms. The molecule has 0 radical (unpaired) electrons. The summed E-state index contributed by atoms with van der Waals surface area (Å²) in [5.74, 6) is 0.912. The Labute approximate surface area is 154 Å². The zero-order chi connectivity index (χ0) is 17.4. The van der Waals surface area contributed by atoms with E-state index in [0.29, 0.717) is 5.65 Å². The molecule has 0 aliphatic carbocycles. The fourth-order valence-corrected chi connectivity index (χ4v) is 4.68. The number of likely N-dealkylation sites (tertiary alicyclic amines) is 1. The van der Waals surface area contributed by atoms with E-state index in [-0.39, 0.29) is 5.91 Å². The molecule has 4 heterocycles. The standard InChI is InChI=1S/C17H19N5OS2/c1-17(2,16(23)21-9-3-4-10-21)25-14-8-7-13-18-19-15(22(13)20-14)12-6-5-11-24-12/h5-8,11H,3-4,9-10H2,1-2H3. The number of thiophene rings is 1. The molecular weight excluding hydrogens is 354 g/mol. The van der Waals surface area contributed by atoms with Crippen LogP contribution in [0.4, 0.5) is 0 Å². The number of rotatable bonds is 4. The molecule has 0 unspecified atom stereocenters. The number of carbonyl (C=O) groups is 1. The SMILES string of the molecule is CC(C)(Sc1ccc2nnc(-c3cccs3)n2n1)C(=O)N1CCCC1. The van der Waals surface area contributed by atoms with Crippen LogP contribution in [0.15, 0.2) is 34.7 Å². The molecule has 3 aromatic rings. The maximum atomic E-state index is 12.8. The second kappa shape index (κ2) is 6.42. The van der Waals surface area contributed by atoms with E-state index >= 15 is 0 Å². The van der Waals surface area contributed by atoms with Crippen LogP contribution in [-0.2, 0) is 4.79 Å². The van der Waals surface area contributed by atoms with Crippen LogP contribution in [-0.4, -0.2) is 48.5 Å². The van der Waals surface area contributed by atoms with E-state index in [1.165, 1.54) is 11.8 Å². The van der Waals surface area contributed by atoms with Crippen molar-refractivity contribution in [1.29, 1.82) is 0 Å². The average Bonchev–Trinajstić information content (AvgIpc) is 3.33. The van der Waals surface area contributed by atoms with E-state index in [9.17, 15) is 4.79 Å². The molecule has 1 amide bonds. The van der Waals surface area contributed by atoms with Gasteiger partial charge in [-0.25, -0.2) is 0 Å². The summed E-state index contributed by atoms with van der Waals surface area (Å²) in [6.45, 7) is 5.67. The third-order valence-corrected chi connectivity index (χ3v) is 6.23. The zero-order valence-electron chi connectivity index (χ0n) is 14.2. The summed E-state index contributed by atoms with van der Waals surface area (Å²) in [7, 11) is 0. The highest BCUT2D eigenvalue weighted by molar-refractivity contribution is 8.01. The molecule has 1 aliphatic heterocycles. The van der Waals surface area contributed by atoms with Crippen molar-refractivity contribution in [2.75, 3.05) is 13.1 Å². The average molecular weight is 374 g/mol. The Morgan fingerprint density at radius 2 is 2.00 bits per heavy atom. The maximum Gasteiger partial charge on any atom is 0.238 e. The number of thioether (sulfide) groups is 1. The molecule has 1 aliphatic rings. The molecule has 130 valence electrons. The summed E-state index contributed by atoms with van der Waals surface area (Å²) in [5.41, 5.74) is 0.705. The van der Waals surface area contributed by atoms with Gasteiger partial charge < -0.3 is 4.90 Å². The van der Waals surface area contributed by atoms with Crippen LogP contribution in [0.3, 0.4) is 0 Å². The van der Waals surface area contributed by atoms with Crippen molar-refractivity contribution >= 4 is 34.7 Å². The van der Waals surface area contributed by atoms with Gasteiger partial charge in [-0.3, -0.25) is 4.79 Å². The molecule has 1 saturated heterocycles. The molecular formula is C17H19N5OS2. The highest BCUT2D eigenvalue weighted by atomic mass is 32.2. The normalized spacial score (nSPS) is 15.2. The highest BCUT2D eigenvalue weighted by Gasteiger charge is 2.35. The molecule has 0 N–H and O–H groups in total. The Kier molecular flexibility index (Phi) is 4.24. The van der Waals surface area contributed by atoms with Crippen LogP contribution in [0.1, 0.15) is 26.7 Å². The number of fused-ring (bicyclic) bond motifs is 1. The van der Waals surface area contributed by atoms with Crippen LogP contribution in [0.5, 0.6) is 0 Å². The summed E-state index contributed by atoms with van der Waals surface area (Å²) in [6, 6.07) is 7.79. The molecule has 0 aromatic carbocycles. The largest absolute Gasteiger partial charge is 0.342 e. The number of nitrogens with zero attached hydrogens (tertiary/aromatic N) is 5. The molecule has 0 saturated carbocycles. The third-order valence-electron chi connectivity index (χ3n) is 4.25. The number of hydrogen-bond acceptors (Lipinski definition) is 6. The minimum Gasteiger partial charge on any atom is -0.342 e. The van der Waals surface area contributed by atoms with Crippen LogP contribution in [0.25, 0.3) is 16.3 Å². The minimum atomic E-state index is -0.553. The Morgan fingerprint density at radius 1 is 1.20 bits per heavy atom. The predicted octanol–water partition coefficient (Wildman–Crippen LogP) is 3.35. The van der Waals surface area contributed by atoms with Crippen molar-refractivity contribution in [3.8, 4) is 10.7 Å². The number of hydrogen-bond donors (Lipinski definition) is 0. The summed E-state index contributed by atoms with van der Waals surface area (Å²) in [6.07, 6.45) is 2.20. The highest BCUT2D eigenvalue weighted by Crippen LogP contribution is 2.34. The first-order valence-electron chi connectivity index (χ1n) is 8.29. The molecule has 4 rings (SSSR count). The molecule has 0 atom stereocenters. The Hall–Kier alpha value is -1.93. The lowest BCUT2D eigenvalue weighted by Crippen LogP contribution is -2.41. The lowest BCUT2D eigenvalue weighted by Gasteiger charge is -2.28. The van der Waals surface area contributed by atoms with Crippen LogP contribution in [0.2, 0.25) is 0 Å². The van der Waals surface area contributed by atoms with Gasteiger partial charge in [0.05, 0.1) is 9.62 Å². The first-order chi connectivity index (χ1) is 12.0. The molecule has 0 bridgehead atoms. The Balaban J connectivity index is 1.63. The molecule has 6 nitrogen and oxygen atoms in total. The van der Waals surface area contributed by atoms with Crippen molar-refractivity contribution < 1.29 is 4.79 Å². The van der Waals surface area contributed by atoms with Gasteiger partial charge in [0, 0.05) is 13.1 Å². The monoisotopic (exact) mass is 373 g/mol. The second-order valence-electron chi connectivity index (χ2n) is 6.55. The lowest BCUT2D eigenvalue weighted by molar-refractivity contribution is -0.131. The van der Waals surface area contributed by atoms with Gasteiger partial charge in [-0.1, -0.05) is 17.8 Å². The van der Waals surface area contributed by atoms with Crippen LogP contribution in [0, 0.1) is 0 Å². The van der Waals surface area contributed by atoms with Gasteiger partial charge in [-0.05, 0) is 50.3 Å². The van der Waals surface area contributed by atoms with Gasteiger partial charge >= 0.3 is 0 Å². The third kappa shape index (κ3) is 3.16. The summed E-state index contributed by atoms with van der Waals surface area (Å²) >= 11 is 3.10. The quantitative estimate of drug-likeness (QED) is 0.656. The fourth-order valence-electron chi connectivity index (χ4n) is 2.99. The van der Waals surface area contributed by atoms with E-state index in [4.69, 9.17) is 0 Å². The zero-order valence-corrected chi connectivity index (χ0v) is 15.8. The van der Waals surface area contributed by atoms with Gasteiger partial charge in [0.2, 0.25) is 5.91 Å².